The van der Waals surface area contributed by atoms with Gasteiger partial charge in [0.25, 0.3) is 16.1 Å². The van der Waals surface area contributed by atoms with Gasteiger partial charge in [-0.15, -0.1) is 0 Å². The number of hydrogen-bond donors (Lipinski definition) is 2. The predicted octanol–water partition coefficient (Wildman–Crippen LogP) is 2.19. The molecule has 2 aromatic heterocycles. The summed E-state index contributed by atoms with van der Waals surface area (Å²) < 4.78 is 52.1. The first-order valence-corrected chi connectivity index (χ1v) is 10.7. The van der Waals surface area contributed by atoms with E-state index < -0.39 is 22.1 Å². The van der Waals surface area contributed by atoms with Crippen LogP contribution >= 0.6 is 0 Å². The van der Waals surface area contributed by atoms with Crippen molar-refractivity contribution in [1.82, 2.24) is 24.6 Å². The molecule has 0 spiro atoms. The quantitative estimate of drug-likeness (QED) is 0.548. The second-order valence-electron chi connectivity index (χ2n) is 6.59. The molecular formula is C19H17FN6O5S. The fourth-order valence-corrected chi connectivity index (χ4v) is 3.34. The highest BCUT2D eigenvalue weighted by Gasteiger charge is 2.26. The first-order valence-electron chi connectivity index (χ1n) is 9.23. The molecule has 1 aliphatic rings. The lowest BCUT2D eigenvalue weighted by molar-refractivity contribution is 0.134. The van der Waals surface area contributed by atoms with Gasteiger partial charge in [-0.2, -0.15) is 8.42 Å². The Bertz CT molecular complexity index is 1270. The van der Waals surface area contributed by atoms with E-state index in [9.17, 15) is 17.6 Å². The van der Waals surface area contributed by atoms with Crippen molar-refractivity contribution in [2.45, 2.75) is 13.1 Å². The summed E-state index contributed by atoms with van der Waals surface area (Å²) in [5.41, 5.74) is 1.10. The topological polar surface area (TPSA) is 136 Å². The van der Waals surface area contributed by atoms with Crippen molar-refractivity contribution in [3.05, 3.63) is 66.0 Å². The van der Waals surface area contributed by atoms with Crippen molar-refractivity contribution in [2.75, 3.05) is 11.8 Å². The first-order chi connectivity index (χ1) is 15.3. The van der Waals surface area contributed by atoms with Crippen LogP contribution in [-0.4, -0.2) is 41.4 Å². The van der Waals surface area contributed by atoms with E-state index >= 15 is 0 Å². The Labute approximate surface area is 182 Å². The van der Waals surface area contributed by atoms with E-state index in [2.05, 4.69) is 24.4 Å². The van der Waals surface area contributed by atoms with Gasteiger partial charge < -0.3 is 9.47 Å². The van der Waals surface area contributed by atoms with Crippen LogP contribution in [0, 0.1) is 5.82 Å². The van der Waals surface area contributed by atoms with E-state index in [1.807, 2.05) is 0 Å². The second-order valence-corrected chi connectivity index (χ2v) is 8.21. The van der Waals surface area contributed by atoms with Crippen molar-refractivity contribution in [2.24, 2.45) is 0 Å². The summed E-state index contributed by atoms with van der Waals surface area (Å²) in [5, 5.41) is 0. The number of nitrogens with one attached hydrogen (secondary N) is 2. The number of hydrogen-bond acceptors (Lipinski definition) is 8. The maximum atomic E-state index is 13.7. The van der Waals surface area contributed by atoms with Gasteiger partial charge in [-0.05, 0) is 24.3 Å². The molecule has 0 fully saturated rings. The minimum absolute atomic E-state index is 0.0543. The third-order valence-electron chi connectivity index (χ3n) is 4.38. The van der Waals surface area contributed by atoms with Crippen LogP contribution in [0.3, 0.4) is 0 Å². The van der Waals surface area contributed by atoms with Crippen LogP contribution in [0.1, 0.15) is 11.3 Å². The van der Waals surface area contributed by atoms with E-state index in [4.69, 9.17) is 9.47 Å². The maximum Gasteiger partial charge on any atom is 0.415 e. The monoisotopic (exact) mass is 460 g/mol. The molecule has 11 nitrogen and oxygen atoms in total. The Morgan fingerprint density at radius 2 is 2.06 bits per heavy atom. The molecule has 1 amide bonds. The number of nitrogens with zero attached hydrogens (tertiary/aromatic N) is 4. The summed E-state index contributed by atoms with van der Waals surface area (Å²) in [6.07, 6.45) is 1.96. The highest BCUT2D eigenvalue weighted by Crippen LogP contribution is 2.32. The van der Waals surface area contributed by atoms with Crippen LogP contribution in [-0.2, 0) is 23.3 Å². The number of benzene rings is 1. The van der Waals surface area contributed by atoms with E-state index in [1.54, 1.807) is 12.1 Å². The molecule has 4 rings (SSSR count). The van der Waals surface area contributed by atoms with E-state index in [-0.39, 0.29) is 36.3 Å². The molecule has 13 heteroatoms. The van der Waals surface area contributed by atoms with Gasteiger partial charge in [0, 0.05) is 30.9 Å². The molecule has 0 atom stereocenters. The third-order valence-corrected chi connectivity index (χ3v) is 5.39. The highest BCUT2D eigenvalue weighted by molar-refractivity contribution is 7.90. The van der Waals surface area contributed by atoms with Crippen LogP contribution in [0.25, 0.3) is 0 Å². The Kier molecular flexibility index (Phi) is 5.83. The minimum atomic E-state index is -3.74. The molecule has 0 saturated heterocycles. The maximum absolute atomic E-state index is 13.7. The van der Waals surface area contributed by atoms with Crippen LogP contribution in [0.5, 0.6) is 17.4 Å². The molecule has 3 heterocycles. The van der Waals surface area contributed by atoms with Crippen molar-refractivity contribution >= 4 is 22.1 Å². The number of aromatic nitrogens is 3. The lowest BCUT2D eigenvalue weighted by Gasteiger charge is -2.28. The Morgan fingerprint density at radius 1 is 1.22 bits per heavy atom. The SMILES string of the molecule is CNS(=O)(=O)Nc1cc(CN2Cc3ccc(Oc4ncccc4F)cc3OC2=O)ncn1. The summed E-state index contributed by atoms with van der Waals surface area (Å²) >= 11 is 0. The van der Waals surface area contributed by atoms with Gasteiger partial charge in [-0.25, -0.2) is 28.9 Å². The van der Waals surface area contributed by atoms with Crippen LogP contribution in [0.4, 0.5) is 15.0 Å². The average Bonchev–Trinajstić information content (AvgIpc) is 2.76. The van der Waals surface area contributed by atoms with Crippen molar-refractivity contribution in [3.8, 4) is 17.4 Å². The van der Waals surface area contributed by atoms with Gasteiger partial charge >= 0.3 is 6.09 Å². The number of fused-ring (bicyclic) bond motifs is 1. The highest BCUT2D eigenvalue weighted by atomic mass is 32.2. The molecule has 0 unspecified atom stereocenters. The van der Waals surface area contributed by atoms with Crippen molar-refractivity contribution in [1.29, 1.82) is 0 Å². The van der Waals surface area contributed by atoms with E-state index in [0.717, 1.165) is 0 Å². The standard InChI is InChI=1S/C19H17FN6O5S/c1-21-32(28,29)25-17-7-13(23-11-24-17)10-26-9-12-4-5-14(8-16(12)31-19(26)27)30-18-15(20)3-2-6-22-18/h2-8,11,21H,9-10H2,1H3,(H,23,24,25). The van der Waals surface area contributed by atoms with Crippen LogP contribution in [0.2, 0.25) is 0 Å². The number of anilines is 1. The van der Waals surface area contributed by atoms with E-state index in [0.29, 0.717) is 11.3 Å². The minimum Gasteiger partial charge on any atom is -0.436 e. The number of rotatable bonds is 7. The molecule has 1 aromatic carbocycles. The fraction of sp³-hybridized carbons (Fsp3) is 0.158. The molecule has 3 aromatic rings. The molecule has 0 radical (unpaired) electrons. The molecule has 0 bridgehead atoms. The smallest absolute Gasteiger partial charge is 0.415 e. The molecule has 166 valence electrons. The summed E-state index contributed by atoms with van der Waals surface area (Å²) in [4.78, 5) is 25.6. The normalized spacial score (nSPS) is 13.3. The summed E-state index contributed by atoms with van der Waals surface area (Å²) in [7, 11) is -2.48. The zero-order valence-corrected chi connectivity index (χ0v) is 17.5. The number of pyridine rings is 1. The van der Waals surface area contributed by atoms with E-state index in [1.165, 1.54) is 48.7 Å². The molecule has 32 heavy (non-hydrogen) atoms. The summed E-state index contributed by atoms with van der Waals surface area (Å²) in [6.45, 7) is 0.278. The Balaban J connectivity index is 1.47. The predicted molar refractivity (Wildman–Crippen MR) is 110 cm³/mol. The Morgan fingerprint density at radius 3 is 2.84 bits per heavy atom. The lowest BCUT2D eigenvalue weighted by Crippen LogP contribution is -2.36. The lowest BCUT2D eigenvalue weighted by atomic mass is 10.1. The average molecular weight is 460 g/mol. The third kappa shape index (κ3) is 4.90. The molecule has 2 N–H and O–H groups in total. The molecule has 1 aliphatic heterocycles. The zero-order valence-electron chi connectivity index (χ0n) is 16.6. The Hall–Kier alpha value is -3.84. The summed E-state index contributed by atoms with van der Waals surface area (Å²) in [5.74, 6) is -0.205. The fourth-order valence-electron chi connectivity index (χ4n) is 2.86. The molecule has 0 saturated carbocycles. The van der Waals surface area contributed by atoms with Crippen molar-refractivity contribution < 1.29 is 27.1 Å². The number of ether oxygens (including phenoxy) is 2. The molecular weight excluding hydrogens is 443 g/mol. The first kappa shape index (κ1) is 21.4. The van der Waals surface area contributed by atoms with Gasteiger partial charge in [-0.3, -0.25) is 9.62 Å². The van der Waals surface area contributed by atoms with Gasteiger partial charge in [0.15, 0.2) is 5.82 Å². The number of amides is 1. The van der Waals surface area contributed by atoms with Crippen LogP contribution < -0.4 is 18.9 Å². The summed E-state index contributed by atoms with van der Waals surface area (Å²) in [6, 6.07) is 8.86. The zero-order chi connectivity index (χ0) is 22.7. The molecule has 0 aliphatic carbocycles. The second kappa shape index (κ2) is 8.72. The van der Waals surface area contributed by atoms with Gasteiger partial charge in [0.2, 0.25) is 0 Å². The number of carbonyl (C=O) groups is 1. The van der Waals surface area contributed by atoms with Crippen LogP contribution in [0.15, 0.2) is 48.9 Å². The van der Waals surface area contributed by atoms with Gasteiger partial charge in [0.1, 0.15) is 23.6 Å². The van der Waals surface area contributed by atoms with Gasteiger partial charge in [-0.1, -0.05) is 0 Å². The van der Waals surface area contributed by atoms with Crippen molar-refractivity contribution in [3.63, 3.8) is 0 Å². The largest absolute Gasteiger partial charge is 0.436 e. The van der Waals surface area contributed by atoms with Gasteiger partial charge in [0.05, 0.1) is 18.8 Å². The number of halogens is 1. The number of carbonyl (C=O) groups excluding carboxylic acids is 1.